The maximum absolute atomic E-state index is 12.1. The van der Waals surface area contributed by atoms with Gasteiger partial charge in [-0.05, 0) is 62.2 Å². The summed E-state index contributed by atoms with van der Waals surface area (Å²) in [6.45, 7) is 6.86. The second-order valence-corrected chi connectivity index (χ2v) is 5.79. The lowest BCUT2D eigenvalue weighted by Gasteiger charge is -2.11. The minimum atomic E-state index is -0.225. The third-order valence-corrected chi connectivity index (χ3v) is 3.69. The van der Waals surface area contributed by atoms with Gasteiger partial charge in [0, 0.05) is 16.8 Å². The molecule has 2 aromatic rings. The van der Waals surface area contributed by atoms with E-state index in [9.17, 15) is 4.79 Å². The van der Waals surface area contributed by atoms with Crippen molar-refractivity contribution in [1.82, 2.24) is 0 Å². The summed E-state index contributed by atoms with van der Waals surface area (Å²) in [4.78, 5) is 12.1. The quantitative estimate of drug-likeness (QED) is 0.700. The van der Waals surface area contributed by atoms with Crippen molar-refractivity contribution in [3.05, 3.63) is 58.6 Å². The number of aryl methyl sites for hydroxylation is 1. The normalized spacial score (nSPS) is 10.7. The number of amides is 1. The van der Waals surface area contributed by atoms with Gasteiger partial charge in [-0.15, -0.1) is 0 Å². The number of benzene rings is 2. The predicted molar refractivity (Wildman–Crippen MR) is 103 cm³/mol. The van der Waals surface area contributed by atoms with Crippen molar-refractivity contribution in [1.29, 1.82) is 0 Å². The molecule has 0 aliphatic heterocycles. The van der Waals surface area contributed by atoms with Crippen molar-refractivity contribution in [2.75, 3.05) is 18.5 Å². The maximum atomic E-state index is 12.1. The molecule has 0 aromatic heterocycles. The van der Waals surface area contributed by atoms with E-state index in [4.69, 9.17) is 21.1 Å². The summed E-state index contributed by atoms with van der Waals surface area (Å²) >= 11 is 5.97. The largest absolute Gasteiger partial charge is 0.490 e. The molecule has 25 heavy (non-hydrogen) atoms. The van der Waals surface area contributed by atoms with Crippen LogP contribution in [0.1, 0.15) is 25.0 Å². The molecule has 0 saturated carbocycles. The minimum Gasteiger partial charge on any atom is -0.490 e. The van der Waals surface area contributed by atoms with Crippen LogP contribution in [-0.4, -0.2) is 19.1 Å². The summed E-state index contributed by atoms with van der Waals surface area (Å²) in [5, 5.41) is 3.41. The zero-order valence-corrected chi connectivity index (χ0v) is 15.4. The number of carbonyl (C=O) groups is 1. The van der Waals surface area contributed by atoms with Crippen molar-refractivity contribution < 1.29 is 14.3 Å². The van der Waals surface area contributed by atoms with Crippen LogP contribution in [0.2, 0.25) is 5.02 Å². The van der Waals surface area contributed by atoms with E-state index < -0.39 is 0 Å². The molecule has 5 heteroatoms. The van der Waals surface area contributed by atoms with Crippen LogP contribution >= 0.6 is 11.6 Å². The zero-order chi connectivity index (χ0) is 18.2. The van der Waals surface area contributed by atoms with Gasteiger partial charge in [0.25, 0.3) is 0 Å². The first-order chi connectivity index (χ1) is 12.0. The van der Waals surface area contributed by atoms with Gasteiger partial charge in [-0.1, -0.05) is 23.7 Å². The van der Waals surface area contributed by atoms with Gasteiger partial charge in [0.15, 0.2) is 11.5 Å². The third kappa shape index (κ3) is 5.54. The Balaban J connectivity index is 2.11. The van der Waals surface area contributed by atoms with Gasteiger partial charge in [-0.3, -0.25) is 4.79 Å². The molecular formula is C20H22ClNO3. The Hall–Kier alpha value is -2.46. The van der Waals surface area contributed by atoms with Crippen LogP contribution in [0.3, 0.4) is 0 Å². The molecule has 2 rings (SSSR count). The number of rotatable bonds is 7. The molecule has 2 aromatic carbocycles. The summed E-state index contributed by atoms with van der Waals surface area (Å²) in [6.07, 6.45) is 3.21. The lowest BCUT2D eigenvalue weighted by Crippen LogP contribution is -2.08. The number of carbonyl (C=O) groups excluding carboxylic acids is 1. The van der Waals surface area contributed by atoms with Crippen molar-refractivity contribution in [2.24, 2.45) is 0 Å². The van der Waals surface area contributed by atoms with Gasteiger partial charge in [-0.25, -0.2) is 0 Å². The maximum Gasteiger partial charge on any atom is 0.248 e. The number of hydrogen-bond acceptors (Lipinski definition) is 3. The highest BCUT2D eigenvalue weighted by molar-refractivity contribution is 6.31. The van der Waals surface area contributed by atoms with Gasteiger partial charge in [0.1, 0.15) is 0 Å². The molecule has 0 aliphatic rings. The first-order valence-electron chi connectivity index (χ1n) is 8.18. The third-order valence-electron chi connectivity index (χ3n) is 3.45. The molecule has 0 unspecified atom stereocenters. The standard InChI is InChI=1S/C20H22ClNO3/c1-4-24-18-10-7-15(12-19(18)25-5-2)8-11-20(23)22-17-13-16(21)9-6-14(17)3/h6-13H,4-5H2,1-3H3,(H,22,23). The predicted octanol–water partition coefficient (Wildman–Crippen LogP) is 5.10. The second-order valence-electron chi connectivity index (χ2n) is 5.35. The molecule has 132 valence electrons. The lowest BCUT2D eigenvalue weighted by atomic mass is 10.1. The molecule has 0 saturated heterocycles. The highest BCUT2D eigenvalue weighted by Gasteiger charge is 2.06. The van der Waals surface area contributed by atoms with Gasteiger partial charge in [-0.2, -0.15) is 0 Å². The summed E-state index contributed by atoms with van der Waals surface area (Å²) in [6, 6.07) is 10.9. The van der Waals surface area contributed by atoms with E-state index in [0.717, 1.165) is 11.1 Å². The Labute approximate surface area is 153 Å². The zero-order valence-electron chi connectivity index (χ0n) is 14.6. The topological polar surface area (TPSA) is 47.6 Å². The van der Waals surface area contributed by atoms with Crippen molar-refractivity contribution in [3.8, 4) is 11.5 Å². The second kappa shape index (κ2) is 9.14. The van der Waals surface area contributed by atoms with Gasteiger partial charge in [0.2, 0.25) is 5.91 Å². The number of ether oxygens (including phenoxy) is 2. The van der Waals surface area contributed by atoms with E-state index in [1.807, 2.05) is 45.0 Å². The lowest BCUT2D eigenvalue weighted by molar-refractivity contribution is -0.111. The van der Waals surface area contributed by atoms with Crippen molar-refractivity contribution >= 4 is 29.3 Å². The Bertz CT molecular complexity index is 772. The Kier molecular flexibility index (Phi) is 6.90. The molecule has 0 atom stereocenters. The van der Waals surface area contributed by atoms with Crippen molar-refractivity contribution in [2.45, 2.75) is 20.8 Å². The molecule has 0 fully saturated rings. The molecule has 1 amide bonds. The number of nitrogens with one attached hydrogen (secondary N) is 1. The van der Waals surface area contributed by atoms with Crippen LogP contribution in [-0.2, 0) is 4.79 Å². The van der Waals surface area contributed by atoms with Crippen LogP contribution in [0, 0.1) is 6.92 Å². The van der Waals surface area contributed by atoms with E-state index in [0.29, 0.717) is 35.4 Å². The average molecular weight is 360 g/mol. The van der Waals surface area contributed by atoms with Crippen LogP contribution in [0.5, 0.6) is 11.5 Å². The first-order valence-corrected chi connectivity index (χ1v) is 8.56. The van der Waals surface area contributed by atoms with E-state index in [1.54, 1.807) is 18.2 Å². The summed E-state index contributed by atoms with van der Waals surface area (Å²) < 4.78 is 11.1. The van der Waals surface area contributed by atoms with Gasteiger partial charge >= 0.3 is 0 Å². The van der Waals surface area contributed by atoms with E-state index in [-0.39, 0.29) is 5.91 Å². The monoisotopic (exact) mass is 359 g/mol. The minimum absolute atomic E-state index is 0.225. The number of hydrogen-bond donors (Lipinski definition) is 1. The molecule has 1 N–H and O–H groups in total. The van der Waals surface area contributed by atoms with E-state index in [1.165, 1.54) is 6.08 Å². The van der Waals surface area contributed by atoms with E-state index >= 15 is 0 Å². The van der Waals surface area contributed by atoms with E-state index in [2.05, 4.69) is 5.32 Å². The Morgan fingerprint density at radius 1 is 1.08 bits per heavy atom. The number of halogens is 1. The fraction of sp³-hybridized carbons (Fsp3) is 0.250. The summed E-state index contributed by atoms with van der Waals surface area (Å²) in [5.41, 5.74) is 2.50. The SMILES string of the molecule is CCOc1ccc(C=CC(=O)Nc2cc(Cl)ccc2C)cc1OCC. The van der Waals surface area contributed by atoms with Crippen LogP contribution in [0.15, 0.2) is 42.5 Å². The van der Waals surface area contributed by atoms with Crippen LogP contribution < -0.4 is 14.8 Å². The molecule has 0 aliphatic carbocycles. The van der Waals surface area contributed by atoms with Gasteiger partial charge < -0.3 is 14.8 Å². The Morgan fingerprint density at radius 2 is 1.80 bits per heavy atom. The first kappa shape index (κ1) is 18.9. The van der Waals surface area contributed by atoms with Crippen molar-refractivity contribution in [3.63, 3.8) is 0 Å². The van der Waals surface area contributed by atoms with Crippen LogP contribution in [0.4, 0.5) is 5.69 Å². The molecular weight excluding hydrogens is 338 g/mol. The number of anilines is 1. The van der Waals surface area contributed by atoms with Gasteiger partial charge in [0.05, 0.1) is 13.2 Å². The van der Waals surface area contributed by atoms with Crippen LogP contribution in [0.25, 0.3) is 6.08 Å². The molecule has 0 heterocycles. The highest BCUT2D eigenvalue weighted by atomic mass is 35.5. The summed E-state index contributed by atoms with van der Waals surface area (Å²) in [7, 11) is 0. The smallest absolute Gasteiger partial charge is 0.248 e. The fourth-order valence-electron chi connectivity index (χ4n) is 2.25. The summed E-state index contributed by atoms with van der Waals surface area (Å²) in [5.74, 6) is 1.13. The average Bonchev–Trinajstić information content (AvgIpc) is 2.59. The fourth-order valence-corrected chi connectivity index (χ4v) is 2.42. The molecule has 0 bridgehead atoms. The molecule has 0 radical (unpaired) electrons. The molecule has 0 spiro atoms. The Morgan fingerprint density at radius 3 is 2.52 bits per heavy atom. The highest BCUT2D eigenvalue weighted by Crippen LogP contribution is 2.29. The molecule has 4 nitrogen and oxygen atoms in total.